The van der Waals surface area contributed by atoms with Crippen molar-refractivity contribution < 1.29 is 14.6 Å². The number of nitrogens with zero attached hydrogens (tertiary/aromatic N) is 1. The first-order valence-corrected chi connectivity index (χ1v) is 6.88. The summed E-state index contributed by atoms with van der Waals surface area (Å²) in [6.45, 7) is 15.4. The molecule has 1 atom stereocenters. The van der Waals surface area contributed by atoms with Crippen molar-refractivity contribution in [2.24, 2.45) is 0 Å². The van der Waals surface area contributed by atoms with Crippen LogP contribution in [0.15, 0.2) is 49.1 Å². The number of anilines is 1. The van der Waals surface area contributed by atoms with E-state index in [4.69, 9.17) is 9.84 Å². The van der Waals surface area contributed by atoms with Gasteiger partial charge in [-0.3, -0.25) is 0 Å². The Morgan fingerprint density at radius 3 is 2.36 bits per heavy atom. The highest BCUT2D eigenvalue weighted by Crippen LogP contribution is 2.34. The van der Waals surface area contributed by atoms with E-state index >= 15 is 0 Å². The topological polar surface area (TPSA) is 49.8 Å². The third-order valence-corrected chi connectivity index (χ3v) is 3.74. The van der Waals surface area contributed by atoms with Crippen LogP contribution in [0.3, 0.4) is 0 Å². The van der Waals surface area contributed by atoms with Gasteiger partial charge >= 0.3 is 5.97 Å². The fourth-order valence-corrected chi connectivity index (χ4v) is 1.96. The third-order valence-electron chi connectivity index (χ3n) is 3.74. The van der Waals surface area contributed by atoms with Crippen molar-refractivity contribution in [3.8, 4) is 5.75 Å². The van der Waals surface area contributed by atoms with E-state index in [0.29, 0.717) is 5.75 Å². The van der Waals surface area contributed by atoms with Gasteiger partial charge in [0.2, 0.25) is 0 Å². The first-order valence-electron chi connectivity index (χ1n) is 6.88. The molecule has 1 aromatic carbocycles. The zero-order valence-corrected chi connectivity index (χ0v) is 13.6. The molecular weight excluding hydrogens is 278 g/mol. The van der Waals surface area contributed by atoms with Crippen LogP contribution in [0.1, 0.15) is 19.4 Å². The van der Waals surface area contributed by atoms with Crippen molar-refractivity contribution in [1.29, 1.82) is 0 Å². The number of aliphatic carboxylic acids is 1. The predicted molar refractivity (Wildman–Crippen MR) is 91.5 cm³/mol. The summed E-state index contributed by atoms with van der Waals surface area (Å²) in [5.74, 6) is -0.264. The Bertz CT molecular complexity index is 631. The van der Waals surface area contributed by atoms with Gasteiger partial charge in [0, 0.05) is 24.4 Å². The van der Waals surface area contributed by atoms with Crippen LogP contribution in [0.5, 0.6) is 5.75 Å². The van der Waals surface area contributed by atoms with Gasteiger partial charge in [-0.05, 0) is 37.1 Å². The number of carboxylic acids is 1. The lowest BCUT2D eigenvalue weighted by atomic mass is 9.95. The normalized spacial score (nSPS) is 11.5. The molecule has 0 aliphatic rings. The van der Waals surface area contributed by atoms with Gasteiger partial charge in [0.1, 0.15) is 11.8 Å². The second kappa shape index (κ2) is 6.98. The number of rotatable bonds is 7. The molecule has 1 rings (SSSR count). The third kappa shape index (κ3) is 3.58. The molecule has 0 saturated heterocycles. The Hall–Kier alpha value is -2.49. The summed E-state index contributed by atoms with van der Waals surface area (Å²) in [6.07, 6.45) is 0. The Morgan fingerprint density at radius 1 is 1.32 bits per heavy atom. The zero-order chi connectivity index (χ0) is 17.0. The molecule has 118 valence electrons. The quantitative estimate of drug-likeness (QED) is 0.779. The molecule has 0 saturated carbocycles. The molecule has 0 aromatic heterocycles. The van der Waals surface area contributed by atoms with Crippen molar-refractivity contribution in [3.05, 3.63) is 54.6 Å². The fourth-order valence-electron chi connectivity index (χ4n) is 1.96. The minimum Gasteiger partial charge on any atom is -0.496 e. The molecule has 0 spiro atoms. The molecule has 4 heteroatoms. The van der Waals surface area contributed by atoms with Crippen molar-refractivity contribution in [3.63, 3.8) is 0 Å². The first kappa shape index (κ1) is 17.6. The summed E-state index contributed by atoms with van der Waals surface area (Å²) < 4.78 is 5.42. The molecule has 1 aromatic rings. The number of ether oxygens (including phenoxy) is 1. The summed E-state index contributed by atoms with van der Waals surface area (Å²) in [4.78, 5) is 12.8. The highest BCUT2D eigenvalue weighted by molar-refractivity contribution is 5.85. The molecule has 4 nitrogen and oxygen atoms in total. The molecule has 0 amide bonds. The predicted octanol–water partition coefficient (Wildman–Crippen LogP) is 3.75. The maximum atomic E-state index is 11.1. The highest BCUT2D eigenvalue weighted by Gasteiger charge is 2.19. The highest BCUT2D eigenvalue weighted by atomic mass is 16.5. The Labute approximate surface area is 132 Å². The van der Waals surface area contributed by atoms with E-state index in [9.17, 15) is 4.79 Å². The Kier molecular flexibility index (Phi) is 5.57. The van der Waals surface area contributed by atoms with E-state index in [1.54, 1.807) is 32.0 Å². The monoisotopic (exact) mass is 301 g/mol. The average Bonchev–Trinajstić information content (AvgIpc) is 2.50. The zero-order valence-electron chi connectivity index (χ0n) is 13.6. The van der Waals surface area contributed by atoms with Crippen LogP contribution in [-0.2, 0) is 4.79 Å². The standard InChI is InChI=1S/C18H23NO3/c1-11(2)12(3)13(4)16-9-8-15(10-17(16)22-7)19(6)14(5)18(20)21/h8-10,14H,1,3-4H2,2,5-7H3,(H,20,21). The molecule has 1 N–H and O–H groups in total. The van der Waals surface area contributed by atoms with Crippen molar-refractivity contribution in [2.45, 2.75) is 19.9 Å². The Morgan fingerprint density at radius 2 is 1.91 bits per heavy atom. The second-order valence-corrected chi connectivity index (χ2v) is 5.25. The van der Waals surface area contributed by atoms with Crippen LogP contribution in [-0.4, -0.2) is 31.3 Å². The van der Waals surface area contributed by atoms with Gasteiger partial charge < -0.3 is 14.7 Å². The van der Waals surface area contributed by atoms with E-state index in [2.05, 4.69) is 19.7 Å². The lowest BCUT2D eigenvalue weighted by molar-refractivity contribution is -0.138. The molecule has 0 aliphatic carbocycles. The van der Waals surface area contributed by atoms with E-state index < -0.39 is 12.0 Å². The van der Waals surface area contributed by atoms with Crippen molar-refractivity contribution in [2.75, 3.05) is 19.1 Å². The van der Waals surface area contributed by atoms with Crippen LogP contribution in [0.25, 0.3) is 5.57 Å². The Balaban J connectivity index is 3.22. The maximum absolute atomic E-state index is 11.1. The largest absolute Gasteiger partial charge is 0.496 e. The lowest BCUT2D eigenvalue weighted by Gasteiger charge is -2.25. The van der Waals surface area contributed by atoms with E-state index in [0.717, 1.165) is 28.0 Å². The first-order chi connectivity index (χ1) is 10.2. The van der Waals surface area contributed by atoms with Crippen LogP contribution in [0, 0.1) is 0 Å². The molecular formula is C18H23NO3. The molecule has 0 aliphatic heterocycles. The second-order valence-electron chi connectivity index (χ2n) is 5.25. The summed E-state index contributed by atoms with van der Waals surface area (Å²) in [5, 5.41) is 9.11. The van der Waals surface area contributed by atoms with Gasteiger partial charge in [-0.15, -0.1) is 0 Å². The number of likely N-dealkylation sites (N-methyl/N-ethyl adjacent to an activating group) is 1. The number of carbonyl (C=O) groups is 1. The number of hydrogen-bond acceptors (Lipinski definition) is 3. The molecule has 0 radical (unpaired) electrons. The van der Waals surface area contributed by atoms with Crippen LogP contribution in [0.2, 0.25) is 0 Å². The smallest absolute Gasteiger partial charge is 0.326 e. The fraction of sp³-hybridized carbons (Fsp3) is 0.278. The van der Waals surface area contributed by atoms with Gasteiger partial charge in [-0.25, -0.2) is 4.79 Å². The maximum Gasteiger partial charge on any atom is 0.326 e. The van der Waals surface area contributed by atoms with E-state index in [-0.39, 0.29) is 0 Å². The van der Waals surface area contributed by atoms with Gasteiger partial charge in [0.25, 0.3) is 0 Å². The van der Waals surface area contributed by atoms with Gasteiger partial charge in [0.05, 0.1) is 7.11 Å². The van der Waals surface area contributed by atoms with Crippen molar-refractivity contribution >= 4 is 17.2 Å². The van der Waals surface area contributed by atoms with Gasteiger partial charge in [-0.1, -0.05) is 25.3 Å². The number of benzene rings is 1. The van der Waals surface area contributed by atoms with E-state index in [1.807, 2.05) is 19.1 Å². The molecule has 0 fully saturated rings. The molecule has 22 heavy (non-hydrogen) atoms. The van der Waals surface area contributed by atoms with Crippen molar-refractivity contribution in [1.82, 2.24) is 0 Å². The average molecular weight is 301 g/mol. The molecule has 0 heterocycles. The number of hydrogen-bond donors (Lipinski definition) is 1. The van der Waals surface area contributed by atoms with Crippen LogP contribution < -0.4 is 9.64 Å². The number of carboxylic acid groups (broad SMARTS) is 1. The SMILES string of the molecule is C=C(C)C(=C)C(=C)c1ccc(N(C)C(C)C(=O)O)cc1OC. The molecule has 0 bridgehead atoms. The molecule has 1 unspecified atom stereocenters. The summed E-state index contributed by atoms with van der Waals surface area (Å²) >= 11 is 0. The van der Waals surface area contributed by atoms with Crippen LogP contribution in [0.4, 0.5) is 5.69 Å². The summed E-state index contributed by atoms with van der Waals surface area (Å²) in [6, 6.07) is 4.86. The lowest BCUT2D eigenvalue weighted by Crippen LogP contribution is -2.35. The van der Waals surface area contributed by atoms with Crippen LogP contribution >= 0.6 is 0 Å². The number of allylic oxidation sites excluding steroid dienone is 3. The van der Waals surface area contributed by atoms with E-state index in [1.165, 1.54) is 0 Å². The van der Waals surface area contributed by atoms with Gasteiger partial charge in [0.15, 0.2) is 0 Å². The minimum atomic E-state index is -0.884. The summed E-state index contributed by atoms with van der Waals surface area (Å²) in [7, 11) is 3.30. The number of methoxy groups -OCH3 is 1. The van der Waals surface area contributed by atoms with Gasteiger partial charge in [-0.2, -0.15) is 0 Å². The minimum absolute atomic E-state index is 0.620. The summed E-state index contributed by atoms with van der Waals surface area (Å²) in [5.41, 5.74) is 3.91.